The van der Waals surface area contributed by atoms with Crippen molar-refractivity contribution in [2.75, 3.05) is 5.32 Å². The number of halogens is 4. The average molecular weight is 670 g/mol. The van der Waals surface area contributed by atoms with Crippen LogP contribution in [-0.4, -0.2) is 45.4 Å². The molecule has 248 valence electrons. The maximum Gasteiger partial charge on any atom is 0.416 e. The van der Waals surface area contributed by atoms with Crippen molar-refractivity contribution < 1.29 is 37.4 Å². The van der Waals surface area contributed by atoms with Crippen LogP contribution in [0.2, 0.25) is 5.02 Å². The Bertz CT molecular complexity index is 1720. The van der Waals surface area contributed by atoms with Crippen LogP contribution in [0.25, 0.3) is 0 Å². The lowest BCUT2D eigenvalue weighted by Crippen LogP contribution is -2.60. The zero-order valence-electron chi connectivity index (χ0n) is 26.0. The topological polar surface area (TPSA) is 108 Å². The summed E-state index contributed by atoms with van der Waals surface area (Å²) in [5.74, 6) is -1.91. The fourth-order valence-electron chi connectivity index (χ4n) is 5.84. The van der Waals surface area contributed by atoms with Crippen LogP contribution < -0.4 is 15.4 Å². The molecule has 12 heteroatoms. The van der Waals surface area contributed by atoms with Crippen molar-refractivity contribution in [3.8, 4) is 11.5 Å². The van der Waals surface area contributed by atoms with Crippen molar-refractivity contribution in [1.82, 2.24) is 10.2 Å². The molecule has 0 bridgehead atoms. The predicted molar refractivity (Wildman–Crippen MR) is 171 cm³/mol. The number of amides is 2. The minimum atomic E-state index is -4.58. The van der Waals surface area contributed by atoms with Crippen LogP contribution >= 0.6 is 11.6 Å². The Morgan fingerprint density at radius 3 is 2.36 bits per heavy atom. The molecule has 47 heavy (non-hydrogen) atoms. The molecule has 3 aromatic carbocycles. The predicted octanol–water partition coefficient (Wildman–Crippen LogP) is 7.08. The number of aliphatic carboxylic acids is 1. The second-order valence-electron chi connectivity index (χ2n) is 13.0. The summed E-state index contributed by atoms with van der Waals surface area (Å²) >= 11 is 6.10. The Labute approximate surface area is 275 Å². The van der Waals surface area contributed by atoms with Gasteiger partial charge in [-0.15, -0.1) is 6.58 Å². The molecule has 2 amide bonds. The molecule has 1 aliphatic heterocycles. The van der Waals surface area contributed by atoms with Crippen molar-refractivity contribution in [2.24, 2.45) is 11.3 Å². The number of anilines is 1. The van der Waals surface area contributed by atoms with E-state index in [9.17, 15) is 32.7 Å². The van der Waals surface area contributed by atoms with Gasteiger partial charge >= 0.3 is 12.1 Å². The second kappa shape index (κ2) is 12.6. The van der Waals surface area contributed by atoms with E-state index in [-0.39, 0.29) is 25.1 Å². The van der Waals surface area contributed by atoms with E-state index < -0.39 is 58.5 Å². The summed E-state index contributed by atoms with van der Waals surface area (Å²) in [7, 11) is 0. The summed E-state index contributed by atoms with van der Waals surface area (Å²) in [6.45, 7) is 8.96. The fraction of sp³-hybridized carbons (Fsp3) is 0.343. The van der Waals surface area contributed by atoms with Crippen LogP contribution in [-0.2, 0) is 33.5 Å². The van der Waals surface area contributed by atoms with E-state index in [1.165, 1.54) is 23.1 Å². The molecule has 1 unspecified atom stereocenters. The van der Waals surface area contributed by atoms with E-state index in [1.807, 2.05) is 0 Å². The van der Waals surface area contributed by atoms with Crippen LogP contribution in [0.15, 0.2) is 79.4 Å². The highest BCUT2D eigenvalue weighted by Crippen LogP contribution is 2.45. The van der Waals surface area contributed by atoms with Gasteiger partial charge in [0.15, 0.2) is 0 Å². The minimum Gasteiger partial charge on any atom is -0.479 e. The van der Waals surface area contributed by atoms with Crippen LogP contribution in [0.5, 0.6) is 11.5 Å². The molecule has 0 aromatic heterocycles. The molecule has 0 spiro atoms. The number of alkyl halides is 3. The monoisotopic (exact) mass is 669 g/mol. The van der Waals surface area contributed by atoms with Crippen molar-refractivity contribution in [3.05, 3.63) is 101 Å². The second-order valence-corrected chi connectivity index (χ2v) is 13.4. The number of carboxylic acids is 1. The van der Waals surface area contributed by atoms with Gasteiger partial charge in [-0.3, -0.25) is 9.59 Å². The van der Waals surface area contributed by atoms with E-state index >= 15 is 0 Å². The van der Waals surface area contributed by atoms with Gasteiger partial charge in [0.2, 0.25) is 11.8 Å². The number of carbonyl (C=O) groups is 3. The highest BCUT2D eigenvalue weighted by Gasteiger charge is 2.61. The maximum atomic E-state index is 14.4. The quantitative estimate of drug-likeness (QED) is 0.210. The number of carboxylic acid groups (broad SMARTS) is 1. The number of nitrogens with one attached hydrogen (secondary N) is 2. The molecule has 3 aromatic rings. The van der Waals surface area contributed by atoms with Crippen molar-refractivity contribution in [1.29, 1.82) is 0 Å². The van der Waals surface area contributed by atoms with Gasteiger partial charge in [-0.2, -0.15) is 13.2 Å². The van der Waals surface area contributed by atoms with Gasteiger partial charge in [0.05, 0.1) is 5.56 Å². The van der Waals surface area contributed by atoms with Gasteiger partial charge in [0.1, 0.15) is 29.1 Å². The lowest BCUT2D eigenvalue weighted by atomic mass is 9.84. The molecule has 4 atom stereocenters. The average Bonchev–Trinajstić information content (AvgIpc) is 3.72. The summed E-state index contributed by atoms with van der Waals surface area (Å²) in [6, 6.07) is 14.5. The van der Waals surface area contributed by atoms with Gasteiger partial charge in [-0.25, -0.2) is 4.79 Å². The van der Waals surface area contributed by atoms with E-state index in [4.69, 9.17) is 16.3 Å². The Morgan fingerprint density at radius 2 is 1.74 bits per heavy atom. The van der Waals surface area contributed by atoms with Gasteiger partial charge in [0.25, 0.3) is 0 Å². The van der Waals surface area contributed by atoms with Gasteiger partial charge in [0, 0.05) is 29.6 Å². The number of rotatable bonds is 9. The number of hydrogen-bond donors (Lipinski definition) is 3. The van der Waals surface area contributed by atoms with Gasteiger partial charge < -0.3 is 25.4 Å². The van der Waals surface area contributed by atoms with Crippen LogP contribution in [0.1, 0.15) is 43.9 Å². The van der Waals surface area contributed by atoms with E-state index in [2.05, 4.69) is 17.2 Å². The highest BCUT2D eigenvalue weighted by molar-refractivity contribution is 6.30. The summed E-state index contributed by atoms with van der Waals surface area (Å²) < 4.78 is 46.4. The molecule has 1 fully saturated rings. The standard InChI is InChI=1S/C35H35ClF3N3O5/c1-5-22-18-34(22,32(45)46)41-30(43)28-15-21-14-27(47-26-11-7-9-24(36)17-26)13-12-20(21)19-42(28)31(44)29(33(2,3)4)40-25-10-6-8-23(16-25)35(37,38)39/h5-14,16-17,22,28-29,40H,1,15,18-19H2,2-4H3,(H,41,43)(H,45,46)/t22?,28-,29+,34+/m0/s1. The molecule has 2 aliphatic rings. The fourth-order valence-corrected chi connectivity index (χ4v) is 6.02. The number of fused-ring (bicyclic) bond motifs is 1. The molecular weight excluding hydrogens is 635 g/mol. The summed E-state index contributed by atoms with van der Waals surface area (Å²) in [5.41, 5.74) is -1.68. The van der Waals surface area contributed by atoms with Crippen LogP contribution in [0.3, 0.4) is 0 Å². The first-order chi connectivity index (χ1) is 22.0. The molecule has 1 saturated carbocycles. The molecule has 1 aliphatic carbocycles. The smallest absolute Gasteiger partial charge is 0.416 e. The molecule has 0 saturated heterocycles. The first-order valence-corrected chi connectivity index (χ1v) is 15.4. The molecule has 5 rings (SSSR count). The Kier molecular flexibility index (Phi) is 9.07. The Morgan fingerprint density at radius 1 is 1.04 bits per heavy atom. The van der Waals surface area contributed by atoms with Crippen LogP contribution in [0.4, 0.5) is 18.9 Å². The minimum absolute atomic E-state index is 0.00843. The Balaban J connectivity index is 1.49. The molecule has 0 radical (unpaired) electrons. The summed E-state index contributed by atoms with van der Waals surface area (Å²) in [5, 5.41) is 16.1. The number of ether oxygens (including phenoxy) is 1. The van der Waals surface area contributed by atoms with Crippen molar-refractivity contribution in [3.63, 3.8) is 0 Å². The third-order valence-electron chi connectivity index (χ3n) is 8.57. The number of benzene rings is 3. The van der Waals surface area contributed by atoms with E-state index in [0.717, 1.165) is 17.7 Å². The summed E-state index contributed by atoms with van der Waals surface area (Å²) in [4.78, 5) is 41.9. The van der Waals surface area contributed by atoms with Crippen molar-refractivity contribution in [2.45, 2.75) is 64.0 Å². The maximum absolute atomic E-state index is 14.4. The van der Waals surface area contributed by atoms with E-state index in [1.54, 1.807) is 63.2 Å². The normalized spacial score (nSPS) is 21.2. The molecule has 1 heterocycles. The summed E-state index contributed by atoms with van der Waals surface area (Å²) in [6.07, 6.45) is -2.91. The van der Waals surface area contributed by atoms with Crippen LogP contribution in [0, 0.1) is 11.3 Å². The first-order valence-electron chi connectivity index (χ1n) is 15.0. The number of carbonyl (C=O) groups excluding carboxylic acids is 2. The number of hydrogen-bond acceptors (Lipinski definition) is 5. The number of nitrogens with zero attached hydrogens (tertiary/aromatic N) is 1. The molecular formula is C35H35ClF3N3O5. The van der Waals surface area contributed by atoms with Gasteiger partial charge in [-0.05, 0) is 71.5 Å². The third kappa shape index (κ3) is 7.25. The lowest BCUT2D eigenvalue weighted by molar-refractivity contribution is -0.147. The largest absolute Gasteiger partial charge is 0.479 e. The van der Waals surface area contributed by atoms with E-state index in [0.29, 0.717) is 22.1 Å². The zero-order chi connectivity index (χ0) is 34.3. The van der Waals surface area contributed by atoms with Crippen molar-refractivity contribution >= 4 is 35.1 Å². The molecule has 3 N–H and O–H groups in total. The van der Waals surface area contributed by atoms with Gasteiger partial charge in [-0.1, -0.05) is 56.6 Å². The Hall–Kier alpha value is -4.51. The third-order valence-corrected chi connectivity index (χ3v) is 8.80. The lowest BCUT2D eigenvalue weighted by Gasteiger charge is -2.41. The first kappa shape index (κ1) is 33.8. The highest BCUT2D eigenvalue weighted by atomic mass is 35.5. The zero-order valence-corrected chi connectivity index (χ0v) is 26.8. The SMILES string of the molecule is C=CC1C[C@]1(NC(=O)[C@@H]1Cc2cc(Oc3cccc(Cl)c3)ccc2CN1C(=O)[C@@H](Nc1cccc(C(F)(F)F)c1)C(C)(C)C)C(=O)O. The molecule has 8 nitrogen and oxygen atoms in total.